The number of hydrogen-bond donors (Lipinski definition) is 1. The molecule has 1 fully saturated rings. The summed E-state index contributed by atoms with van der Waals surface area (Å²) in [6, 6.07) is 1.39. The Morgan fingerprint density at radius 3 is 2.85 bits per heavy atom. The van der Waals surface area contributed by atoms with Gasteiger partial charge in [-0.05, 0) is 28.8 Å². The quantitative estimate of drug-likeness (QED) is 0.654. The van der Waals surface area contributed by atoms with Crippen molar-refractivity contribution in [2.75, 3.05) is 25.0 Å². The van der Waals surface area contributed by atoms with Crippen LogP contribution in [0.1, 0.15) is 19.3 Å². The fraction of sp³-hybridized carbons (Fsp3) is 0.500. The van der Waals surface area contributed by atoms with Gasteiger partial charge in [-0.2, -0.15) is 0 Å². The number of amides is 1. The molecule has 1 aromatic rings. The van der Waals surface area contributed by atoms with Crippen LogP contribution in [0.3, 0.4) is 0 Å². The number of nitro groups is 1. The van der Waals surface area contributed by atoms with Gasteiger partial charge in [-0.25, -0.2) is 4.98 Å². The number of anilines is 1. The molecule has 1 amide bonds. The third-order valence-corrected chi connectivity index (χ3v) is 3.55. The van der Waals surface area contributed by atoms with E-state index in [1.54, 1.807) is 0 Å². The topological polar surface area (TPSA) is 88.4 Å². The van der Waals surface area contributed by atoms with E-state index in [1.165, 1.54) is 12.3 Å². The average molecular weight is 343 g/mol. The van der Waals surface area contributed by atoms with E-state index in [1.807, 2.05) is 4.90 Å². The number of nitrogens with one attached hydrogen (secondary N) is 1. The zero-order valence-electron chi connectivity index (χ0n) is 10.8. The van der Waals surface area contributed by atoms with Gasteiger partial charge in [-0.1, -0.05) is 0 Å². The fourth-order valence-electron chi connectivity index (χ4n) is 2.12. The Labute approximate surface area is 124 Å². The summed E-state index contributed by atoms with van der Waals surface area (Å²) < 4.78 is 0.544. The molecule has 1 aliphatic heterocycles. The molecule has 7 nitrogen and oxygen atoms in total. The highest BCUT2D eigenvalue weighted by Gasteiger charge is 2.19. The van der Waals surface area contributed by atoms with E-state index >= 15 is 0 Å². The van der Waals surface area contributed by atoms with Gasteiger partial charge < -0.3 is 10.2 Å². The Balaban J connectivity index is 1.90. The molecular weight excluding hydrogens is 328 g/mol. The van der Waals surface area contributed by atoms with Crippen molar-refractivity contribution in [2.45, 2.75) is 19.3 Å². The van der Waals surface area contributed by atoms with Gasteiger partial charge in [0.1, 0.15) is 0 Å². The van der Waals surface area contributed by atoms with Crippen LogP contribution >= 0.6 is 15.9 Å². The lowest BCUT2D eigenvalue weighted by Gasteiger charge is -2.15. The first-order chi connectivity index (χ1) is 9.58. The van der Waals surface area contributed by atoms with Crippen molar-refractivity contribution >= 4 is 33.3 Å². The van der Waals surface area contributed by atoms with Crippen LogP contribution < -0.4 is 5.32 Å². The first-order valence-corrected chi connectivity index (χ1v) is 7.19. The number of halogens is 1. The first kappa shape index (κ1) is 14.7. The maximum absolute atomic E-state index is 11.8. The lowest BCUT2D eigenvalue weighted by Crippen LogP contribution is -2.29. The highest BCUT2D eigenvalue weighted by Crippen LogP contribution is 2.25. The molecule has 1 aromatic heterocycles. The number of rotatable bonds is 5. The zero-order valence-corrected chi connectivity index (χ0v) is 12.4. The fourth-order valence-corrected chi connectivity index (χ4v) is 2.44. The maximum atomic E-state index is 11.8. The normalized spacial score (nSPS) is 14.3. The van der Waals surface area contributed by atoms with Crippen LogP contribution in [-0.4, -0.2) is 40.3 Å². The highest BCUT2D eigenvalue weighted by atomic mass is 79.9. The second-order valence-corrected chi connectivity index (χ2v) is 5.46. The smallest absolute Gasteiger partial charge is 0.312 e. The van der Waals surface area contributed by atoms with E-state index in [4.69, 9.17) is 0 Å². The predicted molar refractivity (Wildman–Crippen MR) is 77.5 cm³/mol. The molecule has 0 unspecified atom stereocenters. The van der Waals surface area contributed by atoms with Crippen LogP contribution in [0, 0.1) is 10.1 Å². The first-order valence-electron chi connectivity index (χ1n) is 6.39. The molecule has 0 atom stereocenters. The minimum Gasteiger partial charge on any atom is -0.364 e. The second-order valence-electron chi connectivity index (χ2n) is 4.54. The summed E-state index contributed by atoms with van der Waals surface area (Å²) in [5.74, 6) is 0.266. The molecule has 108 valence electrons. The lowest BCUT2D eigenvalue weighted by atomic mass is 10.3. The van der Waals surface area contributed by atoms with Crippen molar-refractivity contribution in [3.8, 4) is 0 Å². The van der Waals surface area contributed by atoms with Gasteiger partial charge in [-0.3, -0.25) is 14.9 Å². The van der Waals surface area contributed by atoms with Crippen molar-refractivity contribution in [3.63, 3.8) is 0 Å². The summed E-state index contributed by atoms with van der Waals surface area (Å²) in [7, 11) is 0. The van der Waals surface area contributed by atoms with Crippen LogP contribution in [0.2, 0.25) is 0 Å². The summed E-state index contributed by atoms with van der Waals surface area (Å²) in [5.41, 5.74) is -0.104. The van der Waals surface area contributed by atoms with Crippen molar-refractivity contribution in [2.24, 2.45) is 0 Å². The van der Waals surface area contributed by atoms with Gasteiger partial charge in [0.2, 0.25) is 11.7 Å². The maximum Gasteiger partial charge on any atom is 0.312 e. The molecule has 2 rings (SSSR count). The van der Waals surface area contributed by atoms with Gasteiger partial charge in [0.15, 0.2) is 0 Å². The molecule has 2 heterocycles. The van der Waals surface area contributed by atoms with Crippen LogP contribution in [0.25, 0.3) is 0 Å². The molecule has 0 aromatic carbocycles. The Kier molecular flexibility index (Phi) is 4.89. The van der Waals surface area contributed by atoms with Crippen LogP contribution in [0.15, 0.2) is 16.7 Å². The van der Waals surface area contributed by atoms with E-state index in [2.05, 4.69) is 26.2 Å². The monoisotopic (exact) mass is 342 g/mol. The van der Waals surface area contributed by atoms with E-state index in [0.717, 1.165) is 25.9 Å². The van der Waals surface area contributed by atoms with E-state index < -0.39 is 4.92 Å². The zero-order chi connectivity index (χ0) is 14.5. The number of hydrogen-bond acceptors (Lipinski definition) is 5. The summed E-state index contributed by atoms with van der Waals surface area (Å²) in [5, 5.41) is 13.8. The molecule has 0 spiro atoms. The van der Waals surface area contributed by atoms with Gasteiger partial charge in [0.05, 0.1) is 4.92 Å². The van der Waals surface area contributed by atoms with Crippen LogP contribution in [0.5, 0.6) is 0 Å². The molecule has 0 radical (unpaired) electrons. The number of nitrogens with zero attached hydrogens (tertiary/aromatic N) is 3. The number of carbonyl (C=O) groups excluding carboxylic acids is 1. The van der Waals surface area contributed by atoms with Crippen LogP contribution in [0.4, 0.5) is 11.5 Å². The van der Waals surface area contributed by atoms with Gasteiger partial charge in [-0.15, -0.1) is 0 Å². The predicted octanol–water partition coefficient (Wildman–Crippen LogP) is 2.18. The highest BCUT2D eigenvalue weighted by molar-refractivity contribution is 9.10. The summed E-state index contributed by atoms with van der Waals surface area (Å²) >= 11 is 3.15. The number of aromatic nitrogens is 1. The molecule has 1 N–H and O–H groups in total. The summed E-state index contributed by atoms with van der Waals surface area (Å²) in [6.45, 7) is 1.97. The van der Waals surface area contributed by atoms with E-state index in [0.29, 0.717) is 17.4 Å². The van der Waals surface area contributed by atoms with Crippen LogP contribution in [-0.2, 0) is 4.79 Å². The van der Waals surface area contributed by atoms with Gasteiger partial charge >= 0.3 is 5.69 Å². The Morgan fingerprint density at radius 1 is 1.50 bits per heavy atom. The molecule has 0 aliphatic carbocycles. The Hall–Kier alpha value is -1.70. The minimum atomic E-state index is -0.498. The standard InChI is InChI=1S/C12H15BrN4O3/c13-9-7-10(17(19)20)12(15-8-9)14-4-3-11(18)16-5-1-2-6-16/h7-8H,1-6H2,(H,14,15). The minimum absolute atomic E-state index is 0.0785. The molecule has 0 bridgehead atoms. The third-order valence-electron chi connectivity index (χ3n) is 3.12. The molecule has 20 heavy (non-hydrogen) atoms. The van der Waals surface area contributed by atoms with Crippen molar-refractivity contribution in [3.05, 3.63) is 26.9 Å². The van der Waals surface area contributed by atoms with Crippen molar-refractivity contribution in [1.82, 2.24) is 9.88 Å². The van der Waals surface area contributed by atoms with E-state index in [9.17, 15) is 14.9 Å². The molecule has 1 aliphatic rings. The molecular formula is C12H15BrN4O3. The van der Waals surface area contributed by atoms with Crippen molar-refractivity contribution in [1.29, 1.82) is 0 Å². The van der Waals surface area contributed by atoms with Crippen molar-refractivity contribution < 1.29 is 9.72 Å². The SMILES string of the molecule is O=C(CCNc1ncc(Br)cc1[N+](=O)[O-])N1CCCC1. The lowest BCUT2D eigenvalue weighted by molar-refractivity contribution is -0.384. The number of carbonyl (C=O) groups is 1. The molecule has 1 saturated heterocycles. The molecule has 0 saturated carbocycles. The van der Waals surface area contributed by atoms with Gasteiger partial charge in [0.25, 0.3) is 0 Å². The Morgan fingerprint density at radius 2 is 2.20 bits per heavy atom. The second kappa shape index (κ2) is 6.65. The Bertz CT molecular complexity index is 517. The summed E-state index contributed by atoms with van der Waals surface area (Å²) in [6.07, 6.45) is 3.91. The summed E-state index contributed by atoms with van der Waals surface area (Å²) in [4.78, 5) is 28.0. The molecule has 8 heteroatoms. The van der Waals surface area contributed by atoms with E-state index in [-0.39, 0.29) is 17.4 Å². The third kappa shape index (κ3) is 3.66. The largest absolute Gasteiger partial charge is 0.364 e. The number of pyridine rings is 1. The number of likely N-dealkylation sites (tertiary alicyclic amines) is 1. The average Bonchev–Trinajstić information content (AvgIpc) is 2.94. The van der Waals surface area contributed by atoms with Gasteiger partial charge in [0, 0.05) is 42.8 Å².